The van der Waals surface area contributed by atoms with Crippen LogP contribution in [0.15, 0.2) is 47.4 Å². The Kier molecular flexibility index (Phi) is 8.71. The number of nitrogens with one attached hydrogen (secondary N) is 2. The maximum Gasteiger partial charge on any atom is 0.240 e. The second-order valence-electron chi connectivity index (χ2n) is 8.16. The van der Waals surface area contributed by atoms with E-state index >= 15 is 0 Å². The number of hydrogen-bond acceptors (Lipinski definition) is 6. The molecule has 0 aliphatic carbocycles. The lowest BCUT2D eigenvalue weighted by atomic mass is 10.2. The van der Waals surface area contributed by atoms with Gasteiger partial charge in [0.1, 0.15) is 5.75 Å². The fourth-order valence-corrected chi connectivity index (χ4v) is 5.19. The van der Waals surface area contributed by atoms with Gasteiger partial charge in [-0.3, -0.25) is 9.69 Å². The quantitative estimate of drug-likeness (QED) is 0.515. The van der Waals surface area contributed by atoms with Crippen LogP contribution in [-0.2, 0) is 14.8 Å². The molecule has 0 radical (unpaired) electrons. The molecule has 180 valence electrons. The van der Waals surface area contributed by atoms with Crippen LogP contribution in [0.5, 0.6) is 5.75 Å². The first-order chi connectivity index (χ1) is 15.8. The van der Waals surface area contributed by atoms with E-state index in [0.717, 1.165) is 44.9 Å². The Morgan fingerprint density at radius 2 is 1.76 bits per heavy atom. The Hall–Kier alpha value is -2.62. The summed E-state index contributed by atoms with van der Waals surface area (Å²) in [6.07, 6.45) is 1.11. The predicted molar refractivity (Wildman–Crippen MR) is 132 cm³/mol. The zero-order valence-corrected chi connectivity index (χ0v) is 20.5. The molecule has 1 saturated heterocycles. The number of methoxy groups -OCH3 is 1. The molecule has 0 bridgehead atoms. The zero-order chi connectivity index (χ0) is 23.8. The van der Waals surface area contributed by atoms with Gasteiger partial charge in [-0.1, -0.05) is 6.92 Å². The van der Waals surface area contributed by atoms with Gasteiger partial charge in [0.15, 0.2) is 0 Å². The summed E-state index contributed by atoms with van der Waals surface area (Å²) in [5.41, 5.74) is 2.40. The zero-order valence-electron chi connectivity index (χ0n) is 19.6. The average Bonchev–Trinajstić information content (AvgIpc) is 2.82. The first-order valence-electron chi connectivity index (χ1n) is 11.3. The third-order valence-electron chi connectivity index (χ3n) is 5.82. The van der Waals surface area contributed by atoms with Crippen LogP contribution in [0.4, 0.5) is 11.4 Å². The van der Waals surface area contributed by atoms with Crippen LogP contribution in [0.3, 0.4) is 0 Å². The first-order valence-corrected chi connectivity index (χ1v) is 12.8. The van der Waals surface area contributed by atoms with E-state index in [1.165, 1.54) is 5.69 Å². The van der Waals surface area contributed by atoms with Crippen LogP contribution < -0.4 is 19.7 Å². The molecular weight excluding hydrogens is 440 g/mol. The Morgan fingerprint density at radius 3 is 2.36 bits per heavy atom. The Morgan fingerprint density at radius 1 is 1.06 bits per heavy atom. The fourth-order valence-electron chi connectivity index (χ4n) is 3.89. The molecule has 3 rings (SSSR count). The molecule has 8 nitrogen and oxygen atoms in total. The molecular formula is C24H34N4O4S. The van der Waals surface area contributed by atoms with Crippen molar-refractivity contribution in [2.75, 3.05) is 56.6 Å². The molecule has 1 heterocycles. The van der Waals surface area contributed by atoms with Crippen LogP contribution in [0, 0.1) is 6.92 Å². The highest BCUT2D eigenvalue weighted by atomic mass is 32.2. The third-order valence-corrected chi connectivity index (χ3v) is 7.44. The van der Waals surface area contributed by atoms with Gasteiger partial charge in [-0.05, 0) is 67.9 Å². The molecule has 2 aromatic rings. The summed E-state index contributed by atoms with van der Waals surface area (Å²) in [6, 6.07) is 13.0. The van der Waals surface area contributed by atoms with E-state index in [-0.39, 0.29) is 10.8 Å². The van der Waals surface area contributed by atoms with Crippen LogP contribution in [-0.4, -0.2) is 65.6 Å². The summed E-state index contributed by atoms with van der Waals surface area (Å²) in [7, 11) is -1.93. The summed E-state index contributed by atoms with van der Waals surface area (Å²) < 4.78 is 33.4. The SMILES string of the molecule is CCC(=O)Nc1ccc(S(=O)(=O)NCCCN2CCN(c3ccc(OC)cc3)CC2)c(C)c1. The number of rotatable bonds is 10. The van der Waals surface area contributed by atoms with Crippen LogP contribution in [0.1, 0.15) is 25.3 Å². The highest BCUT2D eigenvalue weighted by Gasteiger charge is 2.19. The normalized spacial score (nSPS) is 14.8. The van der Waals surface area contributed by atoms with Crippen molar-refractivity contribution in [2.45, 2.75) is 31.6 Å². The lowest BCUT2D eigenvalue weighted by Crippen LogP contribution is -2.47. The van der Waals surface area contributed by atoms with Gasteiger partial charge in [0.2, 0.25) is 15.9 Å². The lowest BCUT2D eigenvalue weighted by molar-refractivity contribution is -0.115. The van der Waals surface area contributed by atoms with Gasteiger partial charge in [-0.15, -0.1) is 0 Å². The summed E-state index contributed by atoms with van der Waals surface area (Å²) in [5.74, 6) is 0.752. The van der Waals surface area contributed by atoms with Crippen molar-refractivity contribution in [1.82, 2.24) is 9.62 Å². The molecule has 0 unspecified atom stereocenters. The second kappa shape index (κ2) is 11.5. The van der Waals surface area contributed by atoms with E-state index in [9.17, 15) is 13.2 Å². The molecule has 0 spiro atoms. The number of ether oxygens (including phenoxy) is 1. The number of amides is 1. The maximum atomic E-state index is 12.7. The molecule has 0 atom stereocenters. The molecule has 33 heavy (non-hydrogen) atoms. The number of sulfonamides is 1. The van der Waals surface area contributed by atoms with Crippen molar-refractivity contribution in [1.29, 1.82) is 0 Å². The minimum atomic E-state index is -3.59. The standard InChI is InChI=1S/C24H34N4O4S/c1-4-24(29)26-20-6-11-23(19(2)18-20)33(30,31)25-12-5-13-27-14-16-28(17-15-27)21-7-9-22(32-3)10-8-21/h6-11,18,25H,4-5,12-17H2,1-3H3,(H,26,29). The van der Waals surface area contributed by atoms with E-state index in [1.807, 2.05) is 12.1 Å². The van der Waals surface area contributed by atoms with Gasteiger partial charge in [0, 0.05) is 50.5 Å². The van der Waals surface area contributed by atoms with E-state index in [4.69, 9.17) is 4.74 Å². The van der Waals surface area contributed by atoms with E-state index < -0.39 is 10.0 Å². The number of carbonyl (C=O) groups excluding carboxylic acids is 1. The molecule has 2 aromatic carbocycles. The summed E-state index contributed by atoms with van der Waals surface area (Å²) >= 11 is 0. The Bertz CT molecular complexity index is 1030. The van der Waals surface area contributed by atoms with Crippen molar-refractivity contribution in [3.63, 3.8) is 0 Å². The largest absolute Gasteiger partial charge is 0.497 e. The van der Waals surface area contributed by atoms with Crippen LogP contribution >= 0.6 is 0 Å². The first kappa shape index (κ1) is 25.0. The molecule has 1 aliphatic rings. The summed E-state index contributed by atoms with van der Waals surface area (Å²) in [4.78, 5) is 16.5. The smallest absolute Gasteiger partial charge is 0.240 e. The molecule has 1 aliphatic heterocycles. The molecule has 0 saturated carbocycles. The third kappa shape index (κ3) is 6.93. The molecule has 1 amide bonds. The van der Waals surface area contributed by atoms with Crippen molar-refractivity contribution >= 4 is 27.3 Å². The Labute approximate surface area is 197 Å². The Balaban J connectivity index is 1.42. The number of benzene rings is 2. The molecule has 2 N–H and O–H groups in total. The summed E-state index contributed by atoms with van der Waals surface area (Å²) in [6.45, 7) is 8.51. The number of hydrogen-bond donors (Lipinski definition) is 2. The van der Waals surface area contributed by atoms with Gasteiger partial charge >= 0.3 is 0 Å². The van der Waals surface area contributed by atoms with Crippen LogP contribution in [0.2, 0.25) is 0 Å². The van der Waals surface area contributed by atoms with Crippen LogP contribution in [0.25, 0.3) is 0 Å². The molecule has 1 fully saturated rings. The van der Waals surface area contributed by atoms with Gasteiger partial charge in [0.05, 0.1) is 12.0 Å². The van der Waals surface area contributed by atoms with Gasteiger partial charge < -0.3 is 15.0 Å². The highest BCUT2D eigenvalue weighted by molar-refractivity contribution is 7.89. The van der Waals surface area contributed by atoms with E-state index in [2.05, 4.69) is 32.0 Å². The van der Waals surface area contributed by atoms with Crippen molar-refractivity contribution in [2.24, 2.45) is 0 Å². The van der Waals surface area contributed by atoms with Gasteiger partial charge in [0.25, 0.3) is 0 Å². The van der Waals surface area contributed by atoms with Gasteiger partial charge in [-0.25, -0.2) is 13.1 Å². The predicted octanol–water partition coefficient (Wildman–Crippen LogP) is 2.84. The average molecular weight is 475 g/mol. The number of carbonyl (C=O) groups is 1. The van der Waals surface area contributed by atoms with E-state index in [1.54, 1.807) is 39.2 Å². The highest BCUT2D eigenvalue weighted by Crippen LogP contribution is 2.21. The minimum Gasteiger partial charge on any atom is -0.497 e. The molecule has 0 aromatic heterocycles. The number of piperazine rings is 1. The van der Waals surface area contributed by atoms with Gasteiger partial charge in [-0.2, -0.15) is 0 Å². The number of nitrogens with zero attached hydrogens (tertiary/aromatic N) is 2. The van der Waals surface area contributed by atoms with Crippen molar-refractivity contribution < 1.29 is 17.9 Å². The number of aryl methyl sites for hydroxylation is 1. The van der Waals surface area contributed by atoms with Crippen molar-refractivity contribution in [3.05, 3.63) is 48.0 Å². The topological polar surface area (TPSA) is 91.0 Å². The second-order valence-corrected chi connectivity index (χ2v) is 9.90. The summed E-state index contributed by atoms with van der Waals surface area (Å²) in [5, 5.41) is 2.75. The lowest BCUT2D eigenvalue weighted by Gasteiger charge is -2.36. The maximum absolute atomic E-state index is 12.7. The van der Waals surface area contributed by atoms with E-state index in [0.29, 0.717) is 24.2 Å². The van der Waals surface area contributed by atoms with Crippen molar-refractivity contribution in [3.8, 4) is 5.75 Å². The fraction of sp³-hybridized carbons (Fsp3) is 0.458. The molecule has 9 heteroatoms. The minimum absolute atomic E-state index is 0.104. The monoisotopic (exact) mass is 474 g/mol. The number of anilines is 2.